The molecule has 3 aromatic rings. The van der Waals surface area contributed by atoms with Crippen LogP contribution in [0.25, 0.3) is 11.3 Å². The third-order valence-corrected chi connectivity index (χ3v) is 7.34. The van der Waals surface area contributed by atoms with E-state index in [1.165, 1.54) is 0 Å². The summed E-state index contributed by atoms with van der Waals surface area (Å²) in [6.07, 6.45) is 0. The lowest BCUT2D eigenvalue weighted by Gasteiger charge is -2.32. The van der Waals surface area contributed by atoms with Gasteiger partial charge in [0, 0.05) is 67.8 Å². The molecule has 1 fully saturated rings. The van der Waals surface area contributed by atoms with Gasteiger partial charge in [-0.25, -0.2) is 0 Å². The van der Waals surface area contributed by atoms with E-state index in [1.54, 1.807) is 24.1 Å². The van der Waals surface area contributed by atoms with Crippen LogP contribution in [0.1, 0.15) is 38.8 Å². The lowest BCUT2D eigenvalue weighted by atomic mass is 9.98. The predicted octanol–water partition coefficient (Wildman–Crippen LogP) is 4.10. The van der Waals surface area contributed by atoms with Gasteiger partial charge < -0.3 is 25.3 Å². The van der Waals surface area contributed by atoms with Crippen molar-refractivity contribution >= 4 is 40.4 Å². The van der Waals surface area contributed by atoms with Crippen LogP contribution in [0.2, 0.25) is 0 Å². The Morgan fingerprint density at radius 1 is 0.897 bits per heavy atom. The van der Waals surface area contributed by atoms with Crippen LogP contribution < -0.4 is 10.6 Å². The number of carbonyl (C=O) groups is 3. The molecule has 0 atom stereocenters. The van der Waals surface area contributed by atoms with Crippen LogP contribution in [-0.4, -0.2) is 79.2 Å². The van der Waals surface area contributed by atoms with E-state index in [0.29, 0.717) is 34.6 Å². The molecule has 2 aliphatic heterocycles. The summed E-state index contributed by atoms with van der Waals surface area (Å²) in [5, 5.41) is 6.37. The molecule has 0 aliphatic carbocycles. The second-order valence-electron chi connectivity index (χ2n) is 9.95. The molecular weight excluding hydrogens is 490 g/mol. The highest BCUT2D eigenvalue weighted by Gasteiger charge is 2.29. The van der Waals surface area contributed by atoms with Gasteiger partial charge in [0.25, 0.3) is 17.7 Å². The van der Waals surface area contributed by atoms with E-state index >= 15 is 0 Å². The summed E-state index contributed by atoms with van der Waals surface area (Å²) in [5.41, 5.74) is 5.24. The molecule has 8 nitrogen and oxygen atoms in total. The first-order valence-corrected chi connectivity index (χ1v) is 13.2. The monoisotopic (exact) mass is 523 g/mol. The van der Waals surface area contributed by atoms with E-state index in [0.717, 1.165) is 43.0 Å². The first kappa shape index (κ1) is 26.2. The fraction of sp³-hybridized carbons (Fsp3) is 0.258. The summed E-state index contributed by atoms with van der Waals surface area (Å²) in [7, 11) is 3.81. The van der Waals surface area contributed by atoms with Crippen LogP contribution >= 0.6 is 0 Å². The zero-order valence-corrected chi connectivity index (χ0v) is 22.5. The number of hydrogen-bond donors (Lipinski definition) is 2. The molecule has 0 unspecified atom stereocenters. The van der Waals surface area contributed by atoms with E-state index < -0.39 is 0 Å². The van der Waals surface area contributed by atoms with E-state index in [1.807, 2.05) is 72.5 Å². The summed E-state index contributed by atoms with van der Waals surface area (Å²) < 4.78 is 0. The zero-order chi connectivity index (χ0) is 27.5. The van der Waals surface area contributed by atoms with Crippen molar-refractivity contribution in [2.45, 2.75) is 6.92 Å². The van der Waals surface area contributed by atoms with E-state index in [4.69, 9.17) is 0 Å². The van der Waals surface area contributed by atoms with Gasteiger partial charge >= 0.3 is 0 Å². The first-order chi connectivity index (χ1) is 18.9. The number of carbonyl (C=O) groups excluding carboxylic acids is 3. The van der Waals surface area contributed by atoms with Crippen LogP contribution in [-0.2, 0) is 4.79 Å². The minimum Gasteiger partial charge on any atom is -0.354 e. The Labute approximate surface area is 228 Å². The van der Waals surface area contributed by atoms with Gasteiger partial charge in [-0.3, -0.25) is 14.4 Å². The first-order valence-electron chi connectivity index (χ1n) is 13.2. The number of fused-ring (bicyclic) bond motifs is 1. The Kier molecular flexibility index (Phi) is 7.47. The van der Waals surface area contributed by atoms with E-state index in [-0.39, 0.29) is 17.7 Å². The maximum Gasteiger partial charge on any atom is 0.258 e. The van der Waals surface area contributed by atoms with Crippen molar-refractivity contribution < 1.29 is 14.4 Å². The summed E-state index contributed by atoms with van der Waals surface area (Å²) in [4.78, 5) is 44.7. The molecule has 0 radical (unpaired) electrons. The Balaban J connectivity index is 1.47. The molecule has 0 bridgehead atoms. The average molecular weight is 524 g/mol. The van der Waals surface area contributed by atoms with Crippen molar-refractivity contribution in [3.8, 4) is 0 Å². The van der Waals surface area contributed by atoms with Crippen molar-refractivity contribution in [2.24, 2.45) is 0 Å². The highest BCUT2D eigenvalue weighted by Crippen LogP contribution is 2.38. The smallest absolute Gasteiger partial charge is 0.258 e. The largest absolute Gasteiger partial charge is 0.354 e. The summed E-state index contributed by atoms with van der Waals surface area (Å²) in [5.74, 6) is -0.314. The fourth-order valence-electron chi connectivity index (χ4n) is 4.83. The molecule has 0 spiro atoms. The number of likely N-dealkylation sites (N-methyl/N-ethyl adjacent to an activating group) is 1. The summed E-state index contributed by atoms with van der Waals surface area (Å²) in [6.45, 7) is 5.68. The maximum atomic E-state index is 13.3. The summed E-state index contributed by atoms with van der Waals surface area (Å²) >= 11 is 0. The molecule has 2 N–H and O–H groups in total. The minimum atomic E-state index is -0.244. The fourth-order valence-corrected chi connectivity index (χ4v) is 4.83. The Morgan fingerprint density at radius 3 is 2.23 bits per heavy atom. The number of rotatable bonds is 6. The third-order valence-electron chi connectivity index (χ3n) is 7.34. The number of anilines is 2. The molecule has 2 heterocycles. The Morgan fingerprint density at radius 2 is 1.56 bits per heavy atom. The van der Waals surface area contributed by atoms with Gasteiger partial charge in [0.2, 0.25) is 0 Å². The maximum absolute atomic E-state index is 13.3. The number of hydrogen-bond acceptors (Lipinski definition) is 5. The molecule has 0 saturated carbocycles. The number of benzene rings is 3. The van der Waals surface area contributed by atoms with Gasteiger partial charge in [0.1, 0.15) is 0 Å². The third kappa shape index (κ3) is 5.42. The molecule has 1 saturated heterocycles. The zero-order valence-electron chi connectivity index (χ0n) is 22.5. The van der Waals surface area contributed by atoms with Crippen LogP contribution in [0.5, 0.6) is 0 Å². The Bertz CT molecular complexity index is 1420. The van der Waals surface area contributed by atoms with Crippen LogP contribution in [0.4, 0.5) is 11.4 Å². The second-order valence-corrected chi connectivity index (χ2v) is 9.95. The topological polar surface area (TPSA) is 85.0 Å². The minimum absolute atomic E-state index is 0.0273. The molecule has 5 rings (SSSR count). The number of piperazine rings is 1. The molecule has 0 aromatic heterocycles. The normalized spacial score (nSPS) is 16.4. The van der Waals surface area contributed by atoms with Crippen LogP contribution in [0, 0.1) is 0 Å². The number of nitrogens with one attached hydrogen (secondary N) is 2. The SMILES string of the molecule is CCN(C)C(=O)c1ccc2c(c1)NC(=O)/C2=C(\Nc1ccc(C(=O)N2CCN(C)CC2)cc1)c1ccccc1. The van der Waals surface area contributed by atoms with Crippen molar-refractivity contribution in [1.82, 2.24) is 14.7 Å². The molecule has 200 valence electrons. The van der Waals surface area contributed by atoms with Gasteiger partial charge in [0.05, 0.1) is 11.3 Å². The van der Waals surface area contributed by atoms with Gasteiger partial charge in [-0.05, 0) is 55.9 Å². The lowest BCUT2D eigenvalue weighted by Crippen LogP contribution is -2.47. The average Bonchev–Trinajstić information content (AvgIpc) is 3.30. The van der Waals surface area contributed by atoms with Gasteiger partial charge in [0.15, 0.2) is 0 Å². The van der Waals surface area contributed by atoms with Gasteiger partial charge in [-0.2, -0.15) is 0 Å². The molecule has 2 aliphatic rings. The highest BCUT2D eigenvalue weighted by atomic mass is 16.2. The van der Waals surface area contributed by atoms with E-state index in [2.05, 4.69) is 22.6 Å². The number of amides is 3. The van der Waals surface area contributed by atoms with Crippen molar-refractivity contribution in [2.75, 3.05) is 57.5 Å². The summed E-state index contributed by atoms with van der Waals surface area (Å²) in [6, 6.07) is 22.3. The lowest BCUT2D eigenvalue weighted by molar-refractivity contribution is -0.110. The Hall–Kier alpha value is -4.43. The van der Waals surface area contributed by atoms with Gasteiger partial charge in [-0.15, -0.1) is 0 Å². The molecule has 3 aromatic carbocycles. The second kappa shape index (κ2) is 11.1. The quantitative estimate of drug-likeness (QED) is 0.476. The van der Waals surface area contributed by atoms with Crippen LogP contribution in [0.15, 0.2) is 72.8 Å². The van der Waals surface area contributed by atoms with Crippen molar-refractivity contribution in [1.29, 1.82) is 0 Å². The molecule has 3 amide bonds. The van der Waals surface area contributed by atoms with Crippen LogP contribution in [0.3, 0.4) is 0 Å². The van der Waals surface area contributed by atoms with E-state index in [9.17, 15) is 14.4 Å². The standard InChI is InChI=1S/C31H33N5O3/c1-4-35(3)30(38)23-12-15-25-26(20-23)33-29(37)27(25)28(21-8-6-5-7-9-21)32-24-13-10-22(11-14-24)31(39)36-18-16-34(2)17-19-36/h5-15,20,32H,4,16-19H2,1-3H3,(H,33,37)/b28-27-. The highest BCUT2D eigenvalue weighted by molar-refractivity contribution is 6.37. The molecule has 8 heteroatoms. The molecule has 39 heavy (non-hydrogen) atoms. The van der Waals surface area contributed by atoms with Crippen molar-refractivity contribution in [3.63, 3.8) is 0 Å². The number of nitrogens with zero attached hydrogens (tertiary/aromatic N) is 3. The van der Waals surface area contributed by atoms with Crippen molar-refractivity contribution in [3.05, 3.63) is 95.1 Å². The predicted molar refractivity (Wildman–Crippen MR) is 154 cm³/mol. The molecular formula is C31H33N5O3. The van der Waals surface area contributed by atoms with Gasteiger partial charge in [-0.1, -0.05) is 36.4 Å².